The second kappa shape index (κ2) is 8.25. The molecule has 3 aliphatic rings. The standard InChI is InChI=1S/C19H30N4O5S2/c1-21-12-15(30(27,28)23-9-3-2-4-10-23)11-17(21)19(24)20-16-13-29(25,26)14-18(16)22-7-5-6-8-22/h11-12,16,18H,2-10,13-14H2,1H3,(H,20,24). The summed E-state index contributed by atoms with van der Waals surface area (Å²) in [5.74, 6) is -0.466. The Morgan fingerprint density at radius 2 is 1.67 bits per heavy atom. The highest BCUT2D eigenvalue weighted by Crippen LogP contribution is 2.25. The summed E-state index contributed by atoms with van der Waals surface area (Å²) < 4.78 is 53.3. The molecular formula is C19H30N4O5S2. The second-order valence-electron chi connectivity index (χ2n) is 8.60. The van der Waals surface area contributed by atoms with Crippen molar-refractivity contribution in [3.8, 4) is 0 Å². The molecule has 0 bridgehead atoms. The van der Waals surface area contributed by atoms with Gasteiger partial charge in [-0.1, -0.05) is 6.42 Å². The first-order valence-electron chi connectivity index (χ1n) is 10.6. The monoisotopic (exact) mass is 458 g/mol. The molecule has 0 aliphatic carbocycles. The molecule has 0 spiro atoms. The first kappa shape index (κ1) is 21.8. The average molecular weight is 459 g/mol. The number of piperidine rings is 1. The molecule has 3 saturated heterocycles. The number of hydrogen-bond donors (Lipinski definition) is 1. The van der Waals surface area contributed by atoms with E-state index in [1.54, 1.807) is 7.05 Å². The van der Waals surface area contributed by atoms with Crippen LogP contribution in [0.4, 0.5) is 0 Å². The third-order valence-electron chi connectivity index (χ3n) is 6.41. The van der Waals surface area contributed by atoms with Gasteiger partial charge in [0.15, 0.2) is 9.84 Å². The lowest BCUT2D eigenvalue weighted by molar-refractivity contribution is 0.0910. The first-order valence-corrected chi connectivity index (χ1v) is 13.9. The molecule has 3 fully saturated rings. The Labute approximate surface area is 178 Å². The molecule has 3 aliphatic heterocycles. The number of likely N-dealkylation sites (tertiary alicyclic amines) is 1. The molecule has 1 aromatic rings. The van der Waals surface area contributed by atoms with E-state index >= 15 is 0 Å². The number of amides is 1. The molecule has 168 valence electrons. The van der Waals surface area contributed by atoms with Crippen LogP contribution >= 0.6 is 0 Å². The van der Waals surface area contributed by atoms with E-state index in [4.69, 9.17) is 0 Å². The molecule has 30 heavy (non-hydrogen) atoms. The normalized spacial score (nSPS) is 28.0. The van der Waals surface area contributed by atoms with E-state index in [2.05, 4.69) is 10.2 Å². The van der Waals surface area contributed by atoms with Crippen LogP contribution in [-0.4, -0.2) is 86.3 Å². The smallest absolute Gasteiger partial charge is 0.268 e. The van der Waals surface area contributed by atoms with Gasteiger partial charge in [-0.3, -0.25) is 9.69 Å². The summed E-state index contributed by atoms with van der Waals surface area (Å²) in [6.07, 6.45) is 6.24. The minimum atomic E-state index is -3.64. The second-order valence-corrected chi connectivity index (χ2v) is 12.7. The van der Waals surface area contributed by atoms with Crippen molar-refractivity contribution in [1.29, 1.82) is 0 Å². The molecule has 1 N–H and O–H groups in total. The Kier molecular flexibility index (Phi) is 5.99. The number of hydrogen-bond acceptors (Lipinski definition) is 6. The molecule has 0 radical (unpaired) electrons. The largest absolute Gasteiger partial charge is 0.345 e. The molecule has 0 aromatic carbocycles. The lowest BCUT2D eigenvalue weighted by atomic mass is 10.1. The van der Waals surface area contributed by atoms with E-state index in [-0.39, 0.29) is 28.1 Å². The third kappa shape index (κ3) is 4.30. The van der Waals surface area contributed by atoms with Crippen molar-refractivity contribution in [2.45, 2.75) is 49.1 Å². The van der Waals surface area contributed by atoms with E-state index in [0.29, 0.717) is 13.1 Å². The Morgan fingerprint density at radius 1 is 1.03 bits per heavy atom. The summed E-state index contributed by atoms with van der Waals surface area (Å²) in [5, 5.41) is 2.87. The zero-order valence-corrected chi connectivity index (χ0v) is 18.9. The van der Waals surface area contributed by atoms with Crippen molar-refractivity contribution in [1.82, 2.24) is 19.1 Å². The van der Waals surface area contributed by atoms with E-state index in [9.17, 15) is 21.6 Å². The highest BCUT2D eigenvalue weighted by molar-refractivity contribution is 7.91. The molecule has 2 unspecified atom stereocenters. The summed E-state index contributed by atoms with van der Waals surface area (Å²) >= 11 is 0. The summed E-state index contributed by atoms with van der Waals surface area (Å²) in [6.45, 7) is 2.68. The summed E-state index contributed by atoms with van der Waals surface area (Å²) in [6, 6.07) is 0.684. The minimum Gasteiger partial charge on any atom is -0.345 e. The quantitative estimate of drug-likeness (QED) is 0.675. The number of aryl methyl sites for hydroxylation is 1. The van der Waals surface area contributed by atoms with Crippen LogP contribution in [-0.2, 0) is 26.9 Å². The lowest BCUT2D eigenvalue weighted by Crippen LogP contribution is -2.50. The highest BCUT2D eigenvalue weighted by atomic mass is 32.2. The van der Waals surface area contributed by atoms with Crippen LogP contribution in [0.2, 0.25) is 0 Å². The van der Waals surface area contributed by atoms with Crippen LogP contribution in [0.5, 0.6) is 0 Å². The summed E-state index contributed by atoms with van der Waals surface area (Å²) in [5.41, 5.74) is 0.218. The van der Waals surface area contributed by atoms with E-state index < -0.39 is 31.8 Å². The topological polar surface area (TPSA) is 109 Å². The predicted octanol–water partition coefficient (Wildman–Crippen LogP) is 0.191. The molecule has 1 amide bonds. The predicted molar refractivity (Wildman–Crippen MR) is 113 cm³/mol. The highest BCUT2D eigenvalue weighted by Gasteiger charge is 2.42. The summed E-state index contributed by atoms with van der Waals surface area (Å²) in [7, 11) is -5.22. The van der Waals surface area contributed by atoms with Crippen LogP contribution in [0, 0.1) is 0 Å². The maximum absolute atomic E-state index is 13.0. The minimum absolute atomic E-state index is 0.0552. The van der Waals surface area contributed by atoms with Crippen LogP contribution in [0.25, 0.3) is 0 Å². The third-order valence-corrected chi connectivity index (χ3v) is 9.99. The molecule has 11 heteroatoms. The van der Waals surface area contributed by atoms with Crippen molar-refractivity contribution < 1.29 is 21.6 Å². The molecule has 4 heterocycles. The maximum Gasteiger partial charge on any atom is 0.268 e. The molecule has 1 aromatic heterocycles. The van der Waals surface area contributed by atoms with Gasteiger partial charge in [0.1, 0.15) is 10.6 Å². The van der Waals surface area contributed by atoms with Gasteiger partial charge in [-0.2, -0.15) is 4.31 Å². The van der Waals surface area contributed by atoms with Gasteiger partial charge in [-0.15, -0.1) is 0 Å². The number of aromatic nitrogens is 1. The van der Waals surface area contributed by atoms with E-state index in [0.717, 1.165) is 45.2 Å². The van der Waals surface area contributed by atoms with Gasteiger partial charge in [-0.05, 0) is 44.8 Å². The van der Waals surface area contributed by atoms with Crippen molar-refractivity contribution >= 4 is 25.8 Å². The van der Waals surface area contributed by atoms with Crippen LogP contribution in [0.1, 0.15) is 42.6 Å². The van der Waals surface area contributed by atoms with Gasteiger partial charge >= 0.3 is 0 Å². The van der Waals surface area contributed by atoms with E-state index in [1.165, 1.54) is 21.1 Å². The van der Waals surface area contributed by atoms with Crippen molar-refractivity contribution in [2.24, 2.45) is 7.05 Å². The zero-order chi connectivity index (χ0) is 21.5. The van der Waals surface area contributed by atoms with Gasteiger partial charge in [0.2, 0.25) is 10.0 Å². The SMILES string of the molecule is Cn1cc(S(=O)(=O)N2CCCCC2)cc1C(=O)NC1CS(=O)(=O)CC1N1CCCC1. The molecule has 2 atom stereocenters. The number of nitrogens with one attached hydrogen (secondary N) is 1. The molecule has 0 saturated carbocycles. The average Bonchev–Trinajstić information content (AvgIpc) is 3.41. The molecule has 9 nitrogen and oxygen atoms in total. The number of sulfone groups is 1. The van der Waals surface area contributed by atoms with Gasteiger partial charge in [0.05, 0.1) is 17.5 Å². The lowest BCUT2D eigenvalue weighted by Gasteiger charge is -2.28. The number of sulfonamides is 1. The Balaban J connectivity index is 1.52. The molecular weight excluding hydrogens is 428 g/mol. The van der Waals surface area contributed by atoms with Crippen molar-refractivity contribution in [3.05, 3.63) is 18.0 Å². The fourth-order valence-corrected chi connectivity index (χ4v) is 8.34. The fraction of sp³-hybridized carbons (Fsp3) is 0.737. The number of carbonyl (C=O) groups excluding carboxylic acids is 1. The van der Waals surface area contributed by atoms with Gasteiger partial charge in [0, 0.05) is 32.4 Å². The summed E-state index contributed by atoms with van der Waals surface area (Å²) in [4.78, 5) is 15.2. The van der Waals surface area contributed by atoms with E-state index in [1.807, 2.05) is 0 Å². The van der Waals surface area contributed by atoms with Crippen LogP contribution in [0.3, 0.4) is 0 Å². The maximum atomic E-state index is 13.0. The first-order chi connectivity index (χ1) is 14.2. The van der Waals surface area contributed by atoms with Crippen molar-refractivity contribution in [2.75, 3.05) is 37.7 Å². The Morgan fingerprint density at radius 3 is 2.33 bits per heavy atom. The van der Waals surface area contributed by atoms with Crippen molar-refractivity contribution in [3.63, 3.8) is 0 Å². The number of carbonyl (C=O) groups is 1. The van der Waals surface area contributed by atoms with Gasteiger partial charge in [-0.25, -0.2) is 16.8 Å². The Hall–Kier alpha value is -1.43. The number of rotatable bonds is 5. The van der Waals surface area contributed by atoms with Crippen LogP contribution in [0.15, 0.2) is 17.2 Å². The van der Waals surface area contributed by atoms with Gasteiger partial charge < -0.3 is 9.88 Å². The zero-order valence-electron chi connectivity index (χ0n) is 17.3. The van der Waals surface area contributed by atoms with Crippen LogP contribution < -0.4 is 5.32 Å². The number of nitrogens with zero attached hydrogens (tertiary/aromatic N) is 3. The fourth-order valence-electron chi connectivity index (χ4n) is 4.80. The van der Waals surface area contributed by atoms with Gasteiger partial charge in [0.25, 0.3) is 5.91 Å². The molecule has 4 rings (SSSR count). The Bertz CT molecular complexity index is 1010.